The Morgan fingerprint density at radius 1 is 1.17 bits per heavy atom. The lowest BCUT2D eigenvalue weighted by molar-refractivity contribution is -0.387. The first-order chi connectivity index (χ1) is 10.8. The van der Waals surface area contributed by atoms with Gasteiger partial charge in [-0.2, -0.15) is 4.39 Å². The lowest BCUT2D eigenvalue weighted by Gasteiger charge is -2.01. The normalized spacial score (nSPS) is 11.7. The molecule has 0 spiro atoms. The molecule has 0 radical (unpaired) electrons. The number of nitrogens with zero attached hydrogens (tertiary/aromatic N) is 1. The van der Waals surface area contributed by atoms with Gasteiger partial charge in [-0.1, -0.05) is 29.8 Å². The highest BCUT2D eigenvalue weighted by molar-refractivity contribution is 7.93. The van der Waals surface area contributed by atoms with Crippen molar-refractivity contribution in [3.8, 4) is 0 Å². The molecule has 23 heavy (non-hydrogen) atoms. The lowest BCUT2D eigenvalue weighted by atomic mass is 10.2. The van der Waals surface area contributed by atoms with Crippen LogP contribution in [0.2, 0.25) is 5.02 Å². The minimum Gasteiger partial charge on any atom is -0.258 e. The van der Waals surface area contributed by atoms with Crippen molar-refractivity contribution in [2.75, 3.05) is 0 Å². The van der Waals surface area contributed by atoms with Crippen LogP contribution in [0.1, 0.15) is 11.1 Å². The summed E-state index contributed by atoms with van der Waals surface area (Å²) in [6.45, 7) is 0. The quantitative estimate of drug-likeness (QED) is 0.600. The van der Waals surface area contributed by atoms with Crippen LogP contribution in [0, 0.1) is 15.9 Å². The summed E-state index contributed by atoms with van der Waals surface area (Å²) in [6, 6.07) is 9.51. The third kappa shape index (κ3) is 4.87. The average molecular weight is 356 g/mol. The van der Waals surface area contributed by atoms with Crippen molar-refractivity contribution in [1.29, 1.82) is 0 Å². The van der Waals surface area contributed by atoms with Gasteiger partial charge in [-0.25, -0.2) is 8.42 Å². The van der Waals surface area contributed by atoms with Crippen LogP contribution in [0.25, 0.3) is 6.08 Å². The minimum absolute atomic E-state index is 0.220. The number of nitro benzene ring substituents is 1. The number of rotatable bonds is 5. The van der Waals surface area contributed by atoms with E-state index in [1.165, 1.54) is 12.1 Å². The van der Waals surface area contributed by atoms with E-state index in [4.69, 9.17) is 11.6 Å². The number of hydrogen-bond donors (Lipinski definition) is 0. The Hall–Kier alpha value is -2.25. The van der Waals surface area contributed by atoms with Crippen LogP contribution in [-0.2, 0) is 15.6 Å². The van der Waals surface area contributed by atoms with Crippen LogP contribution in [0.3, 0.4) is 0 Å². The predicted octanol–water partition coefficient (Wildman–Crippen LogP) is 3.97. The zero-order chi connectivity index (χ0) is 17.0. The third-order valence-corrected chi connectivity index (χ3v) is 4.45. The van der Waals surface area contributed by atoms with E-state index >= 15 is 0 Å². The van der Waals surface area contributed by atoms with Crippen LogP contribution in [0.4, 0.5) is 10.1 Å². The fraction of sp³-hybridized carbons (Fsp3) is 0.0667. The summed E-state index contributed by atoms with van der Waals surface area (Å²) in [6.07, 6.45) is 1.19. The van der Waals surface area contributed by atoms with Crippen LogP contribution in [-0.4, -0.2) is 13.3 Å². The SMILES string of the molecule is O=[N+]([O-])c1cc(C=CS(=O)(=O)Cc2ccc(Cl)cc2)ccc1F. The van der Waals surface area contributed by atoms with Crippen molar-refractivity contribution in [2.24, 2.45) is 0 Å². The van der Waals surface area contributed by atoms with Crippen molar-refractivity contribution < 1.29 is 17.7 Å². The molecule has 0 aliphatic rings. The first kappa shape index (κ1) is 17.1. The first-order valence-electron chi connectivity index (χ1n) is 6.36. The summed E-state index contributed by atoms with van der Waals surface area (Å²) >= 11 is 5.73. The van der Waals surface area contributed by atoms with Crippen molar-refractivity contribution in [3.05, 3.63) is 80.0 Å². The lowest BCUT2D eigenvalue weighted by Crippen LogP contribution is -1.99. The van der Waals surface area contributed by atoms with E-state index in [2.05, 4.69) is 0 Å². The number of sulfone groups is 1. The Kier molecular flexibility index (Phi) is 5.12. The monoisotopic (exact) mass is 355 g/mol. The summed E-state index contributed by atoms with van der Waals surface area (Å²) in [7, 11) is -3.58. The van der Waals surface area contributed by atoms with Crippen molar-refractivity contribution >= 4 is 33.2 Å². The summed E-state index contributed by atoms with van der Waals surface area (Å²) in [5.41, 5.74) is 0.0733. The van der Waals surface area contributed by atoms with Gasteiger partial charge in [0, 0.05) is 16.5 Å². The Bertz CT molecular complexity index is 864. The maximum atomic E-state index is 13.2. The topological polar surface area (TPSA) is 77.3 Å². The van der Waals surface area contributed by atoms with Crippen LogP contribution < -0.4 is 0 Å². The van der Waals surface area contributed by atoms with E-state index in [-0.39, 0.29) is 11.3 Å². The molecule has 120 valence electrons. The fourth-order valence-corrected chi connectivity index (χ4v) is 3.06. The van der Waals surface area contributed by atoms with E-state index < -0.39 is 26.3 Å². The molecule has 2 aromatic carbocycles. The molecule has 2 rings (SSSR count). The second-order valence-corrected chi connectivity index (χ2v) is 7.03. The van der Waals surface area contributed by atoms with Crippen LogP contribution >= 0.6 is 11.6 Å². The molecule has 0 bridgehead atoms. The number of halogens is 2. The van der Waals surface area contributed by atoms with Gasteiger partial charge in [0.2, 0.25) is 5.82 Å². The molecule has 8 heteroatoms. The Labute approximate surface area is 137 Å². The maximum Gasteiger partial charge on any atom is 0.305 e. The van der Waals surface area contributed by atoms with Gasteiger partial charge in [0.05, 0.1) is 10.7 Å². The molecule has 0 fully saturated rings. The van der Waals surface area contributed by atoms with Gasteiger partial charge < -0.3 is 0 Å². The predicted molar refractivity (Wildman–Crippen MR) is 86.2 cm³/mol. The molecule has 0 heterocycles. The van der Waals surface area contributed by atoms with E-state index in [0.717, 1.165) is 17.5 Å². The summed E-state index contributed by atoms with van der Waals surface area (Å²) < 4.78 is 37.3. The van der Waals surface area contributed by atoms with Crippen molar-refractivity contribution in [1.82, 2.24) is 0 Å². The molecule has 0 saturated carbocycles. The molecular weight excluding hydrogens is 345 g/mol. The van der Waals surface area contributed by atoms with Crippen LogP contribution in [0.15, 0.2) is 47.9 Å². The standard InChI is InChI=1S/C15H11ClFNO4S/c16-13-4-1-12(2-5-13)10-23(21,22)8-7-11-3-6-14(17)15(9-11)18(19)20/h1-9H,10H2. The summed E-state index contributed by atoms with van der Waals surface area (Å²) in [5.74, 6) is -1.21. The number of nitro groups is 1. The molecule has 0 atom stereocenters. The van der Waals surface area contributed by atoms with Gasteiger partial charge in [0.25, 0.3) is 0 Å². The van der Waals surface area contributed by atoms with Crippen molar-refractivity contribution in [3.63, 3.8) is 0 Å². The van der Waals surface area contributed by atoms with Gasteiger partial charge in [-0.3, -0.25) is 10.1 Å². The largest absolute Gasteiger partial charge is 0.305 e. The molecule has 0 aliphatic carbocycles. The Morgan fingerprint density at radius 3 is 2.43 bits per heavy atom. The van der Waals surface area contributed by atoms with Crippen LogP contribution in [0.5, 0.6) is 0 Å². The highest BCUT2D eigenvalue weighted by atomic mass is 35.5. The van der Waals surface area contributed by atoms with E-state index in [0.29, 0.717) is 10.6 Å². The second kappa shape index (κ2) is 6.89. The fourth-order valence-electron chi connectivity index (χ4n) is 1.82. The zero-order valence-electron chi connectivity index (χ0n) is 11.6. The minimum atomic E-state index is -3.58. The summed E-state index contributed by atoms with van der Waals surface area (Å²) in [5, 5.41) is 12.1. The average Bonchev–Trinajstić information content (AvgIpc) is 2.48. The molecule has 0 N–H and O–H groups in total. The highest BCUT2D eigenvalue weighted by Crippen LogP contribution is 2.20. The van der Waals surface area contributed by atoms with Gasteiger partial charge in [0.1, 0.15) is 0 Å². The third-order valence-electron chi connectivity index (χ3n) is 2.92. The van der Waals surface area contributed by atoms with Crippen molar-refractivity contribution in [2.45, 2.75) is 5.75 Å². The highest BCUT2D eigenvalue weighted by Gasteiger charge is 2.14. The second-order valence-electron chi connectivity index (χ2n) is 4.70. The molecule has 0 aromatic heterocycles. The molecule has 0 saturated heterocycles. The van der Waals surface area contributed by atoms with Gasteiger partial charge in [-0.15, -0.1) is 0 Å². The maximum absolute atomic E-state index is 13.2. The molecule has 2 aromatic rings. The van der Waals surface area contributed by atoms with E-state index in [1.54, 1.807) is 24.3 Å². The Balaban J connectivity index is 2.19. The first-order valence-corrected chi connectivity index (χ1v) is 8.45. The molecule has 0 amide bonds. The van der Waals surface area contributed by atoms with E-state index in [9.17, 15) is 22.9 Å². The summed E-state index contributed by atoms with van der Waals surface area (Å²) in [4.78, 5) is 9.79. The van der Waals surface area contributed by atoms with E-state index in [1.807, 2.05) is 0 Å². The zero-order valence-corrected chi connectivity index (χ0v) is 13.2. The number of hydrogen-bond acceptors (Lipinski definition) is 4. The van der Waals surface area contributed by atoms with Gasteiger partial charge in [0.15, 0.2) is 9.84 Å². The van der Waals surface area contributed by atoms with Gasteiger partial charge in [-0.05, 0) is 35.4 Å². The number of benzene rings is 2. The molecule has 0 unspecified atom stereocenters. The molecular formula is C15H11ClFNO4S. The molecule has 0 aliphatic heterocycles. The Morgan fingerprint density at radius 2 is 1.83 bits per heavy atom. The molecule has 5 nitrogen and oxygen atoms in total. The smallest absolute Gasteiger partial charge is 0.258 e. The van der Waals surface area contributed by atoms with Gasteiger partial charge >= 0.3 is 5.69 Å².